The highest BCUT2D eigenvalue weighted by Crippen LogP contribution is 2.25. The van der Waals surface area contributed by atoms with Crippen molar-refractivity contribution in [1.82, 2.24) is 5.43 Å². The molecule has 2 aromatic rings. The van der Waals surface area contributed by atoms with Crippen molar-refractivity contribution in [3.63, 3.8) is 0 Å². The van der Waals surface area contributed by atoms with Gasteiger partial charge in [-0.15, -0.1) is 0 Å². The summed E-state index contributed by atoms with van der Waals surface area (Å²) in [4.78, 5) is 23.6. The number of hydrogen-bond donors (Lipinski definition) is 3. The SMILES string of the molecule is O=C(CCC(=O)Nc1cc(Cl)ccc1Cl)NN=Cc1cc(Br)ccc1O. The van der Waals surface area contributed by atoms with E-state index in [9.17, 15) is 14.7 Å². The second-order valence-corrected chi connectivity index (χ2v) is 6.93. The predicted octanol–water partition coefficient (Wildman–Crippen LogP) is 4.33. The number of carbonyl (C=O) groups excluding carboxylic acids is 2. The number of carbonyl (C=O) groups is 2. The summed E-state index contributed by atoms with van der Waals surface area (Å²) < 4.78 is 0.763. The molecule has 0 aliphatic carbocycles. The molecule has 6 nitrogen and oxygen atoms in total. The maximum absolute atomic E-state index is 11.9. The van der Waals surface area contributed by atoms with Crippen LogP contribution in [0.5, 0.6) is 5.75 Å². The Morgan fingerprint density at radius 2 is 1.85 bits per heavy atom. The fourth-order valence-electron chi connectivity index (χ4n) is 1.89. The summed E-state index contributed by atoms with van der Waals surface area (Å²) in [6.45, 7) is 0. The molecule has 3 N–H and O–H groups in total. The summed E-state index contributed by atoms with van der Waals surface area (Å²) in [7, 11) is 0. The summed E-state index contributed by atoms with van der Waals surface area (Å²) in [6, 6.07) is 9.52. The maximum atomic E-state index is 11.9. The van der Waals surface area contributed by atoms with Crippen LogP contribution in [0.1, 0.15) is 18.4 Å². The lowest BCUT2D eigenvalue weighted by molar-refractivity contribution is -0.124. The van der Waals surface area contributed by atoms with Gasteiger partial charge in [0.25, 0.3) is 0 Å². The molecule has 0 aromatic heterocycles. The van der Waals surface area contributed by atoms with Crippen molar-refractivity contribution < 1.29 is 14.7 Å². The van der Waals surface area contributed by atoms with Crippen LogP contribution in [0.4, 0.5) is 5.69 Å². The van der Waals surface area contributed by atoms with E-state index in [1.54, 1.807) is 24.3 Å². The lowest BCUT2D eigenvalue weighted by Crippen LogP contribution is -2.20. The molecule has 9 heteroatoms. The van der Waals surface area contributed by atoms with Crippen molar-refractivity contribution in [2.75, 3.05) is 5.32 Å². The van der Waals surface area contributed by atoms with Gasteiger partial charge < -0.3 is 10.4 Å². The molecule has 0 heterocycles. The first-order valence-corrected chi connectivity index (χ1v) is 8.95. The van der Waals surface area contributed by atoms with Gasteiger partial charge in [0.05, 0.1) is 16.9 Å². The van der Waals surface area contributed by atoms with E-state index >= 15 is 0 Å². The van der Waals surface area contributed by atoms with Gasteiger partial charge in [0.2, 0.25) is 11.8 Å². The number of hydrogen-bond acceptors (Lipinski definition) is 4. The molecule has 2 rings (SSSR count). The number of halogens is 3. The highest BCUT2D eigenvalue weighted by atomic mass is 79.9. The van der Waals surface area contributed by atoms with Crippen molar-refractivity contribution in [1.29, 1.82) is 0 Å². The van der Waals surface area contributed by atoms with E-state index in [0.29, 0.717) is 21.3 Å². The largest absolute Gasteiger partial charge is 0.507 e. The zero-order valence-electron chi connectivity index (χ0n) is 13.3. The summed E-state index contributed by atoms with van der Waals surface area (Å²) in [6.07, 6.45) is 1.20. The van der Waals surface area contributed by atoms with Gasteiger partial charge in [-0.1, -0.05) is 39.1 Å². The molecule has 2 aromatic carbocycles. The van der Waals surface area contributed by atoms with E-state index in [1.165, 1.54) is 18.3 Å². The molecule has 0 radical (unpaired) electrons. The standard InChI is InChI=1S/C17H14BrCl2N3O3/c18-11-1-4-15(24)10(7-11)9-21-23-17(26)6-5-16(25)22-14-8-12(19)2-3-13(14)20/h1-4,7-9,24H,5-6H2,(H,22,25)(H,23,26). The Morgan fingerprint density at radius 1 is 1.12 bits per heavy atom. The fraction of sp³-hybridized carbons (Fsp3) is 0.118. The number of aromatic hydroxyl groups is 1. The van der Waals surface area contributed by atoms with Gasteiger partial charge >= 0.3 is 0 Å². The maximum Gasteiger partial charge on any atom is 0.240 e. The lowest BCUT2D eigenvalue weighted by atomic mass is 10.2. The van der Waals surface area contributed by atoms with E-state index in [4.69, 9.17) is 23.2 Å². The Hall–Kier alpha value is -2.09. The molecular formula is C17H14BrCl2N3O3. The minimum Gasteiger partial charge on any atom is -0.507 e. The van der Waals surface area contributed by atoms with Crippen molar-refractivity contribution in [3.8, 4) is 5.75 Å². The molecule has 0 aliphatic heterocycles. The van der Waals surface area contributed by atoms with E-state index < -0.39 is 5.91 Å². The van der Waals surface area contributed by atoms with E-state index in [2.05, 4.69) is 31.8 Å². The van der Waals surface area contributed by atoms with Crippen molar-refractivity contribution in [2.24, 2.45) is 5.10 Å². The summed E-state index contributed by atoms with van der Waals surface area (Å²) in [5, 5.41) is 16.8. The molecule has 0 fully saturated rings. The normalized spacial score (nSPS) is 10.7. The highest BCUT2D eigenvalue weighted by Gasteiger charge is 2.09. The number of anilines is 1. The Labute approximate surface area is 168 Å². The molecule has 0 saturated heterocycles. The van der Waals surface area contributed by atoms with Gasteiger partial charge in [0.1, 0.15) is 5.75 Å². The predicted molar refractivity (Wildman–Crippen MR) is 106 cm³/mol. The van der Waals surface area contributed by atoms with E-state index in [1.807, 2.05) is 0 Å². The van der Waals surface area contributed by atoms with Gasteiger partial charge in [0, 0.05) is 27.9 Å². The second kappa shape index (κ2) is 9.56. The van der Waals surface area contributed by atoms with Gasteiger partial charge in [0.15, 0.2) is 0 Å². The second-order valence-electron chi connectivity index (χ2n) is 5.17. The first-order chi connectivity index (χ1) is 12.3. The molecule has 0 atom stereocenters. The number of hydrazone groups is 1. The van der Waals surface area contributed by atoms with Gasteiger partial charge in [-0.25, -0.2) is 5.43 Å². The third-order valence-electron chi connectivity index (χ3n) is 3.16. The van der Waals surface area contributed by atoms with Crippen LogP contribution >= 0.6 is 39.1 Å². The van der Waals surface area contributed by atoms with Crippen LogP contribution < -0.4 is 10.7 Å². The number of rotatable bonds is 6. The van der Waals surface area contributed by atoms with Gasteiger partial charge in [-0.3, -0.25) is 9.59 Å². The molecular weight excluding hydrogens is 445 g/mol. The van der Waals surface area contributed by atoms with Gasteiger partial charge in [-0.05, 0) is 36.4 Å². The number of phenols is 1. The fourth-order valence-corrected chi connectivity index (χ4v) is 2.61. The Kier molecular flexibility index (Phi) is 7.44. The molecule has 136 valence electrons. The molecule has 0 aliphatic rings. The van der Waals surface area contributed by atoms with Crippen molar-refractivity contribution in [2.45, 2.75) is 12.8 Å². The zero-order valence-corrected chi connectivity index (χ0v) is 16.4. The van der Waals surface area contributed by atoms with Gasteiger partial charge in [-0.2, -0.15) is 5.10 Å². The van der Waals surface area contributed by atoms with Crippen molar-refractivity contribution in [3.05, 3.63) is 56.5 Å². The summed E-state index contributed by atoms with van der Waals surface area (Å²) in [5.41, 5.74) is 3.11. The molecule has 0 spiro atoms. The molecule has 0 saturated carbocycles. The Balaban J connectivity index is 1.81. The van der Waals surface area contributed by atoms with Crippen molar-refractivity contribution >= 4 is 62.8 Å². The Bertz CT molecular complexity index is 859. The number of benzene rings is 2. The smallest absolute Gasteiger partial charge is 0.240 e. The summed E-state index contributed by atoms with van der Waals surface area (Å²) in [5.74, 6) is -0.787. The number of phenolic OH excluding ortho intramolecular Hbond substituents is 1. The van der Waals surface area contributed by atoms with Crippen LogP contribution in [-0.4, -0.2) is 23.1 Å². The van der Waals surface area contributed by atoms with E-state index in [-0.39, 0.29) is 24.5 Å². The highest BCUT2D eigenvalue weighted by molar-refractivity contribution is 9.10. The lowest BCUT2D eigenvalue weighted by Gasteiger charge is -2.07. The summed E-state index contributed by atoms with van der Waals surface area (Å²) >= 11 is 15.1. The topological polar surface area (TPSA) is 90.8 Å². The van der Waals surface area contributed by atoms with Crippen LogP contribution in [0.2, 0.25) is 10.0 Å². The van der Waals surface area contributed by atoms with Crippen LogP contribution in [-0.2, 0) is 9.59 Å². The number of amides is 2. The minimum absolute atomic E-state index is 0.0315. The van der Waals surface area contributed by atoms with Crippen LogP contribution in [0, 0.1) is 0 Å². The minimum atomic E-state index is -0.442. The first-order valence-electron chi connectivity index (χ1n) is 7.40. The quantitative estimate of drug-likeness (QED) is 0.444. The average Bonchev–Trinajstić information content (AvgIpc) is 2.59. The number of nitrogens with zero attached hydrogens (tertiary/aromatic N) is 1. The van der Waals surface area contributed by atoms with Crippen LogP contribution in [0.25, 0.3) is 0 Å². The zero-order chi connectivity index (χ0) is 19.1. The Morgan fingerprint density at radius 3 is 2.62 bits per heavy atom. The molecule has 2 amide bonds. The van der Waals surface area contributed by atoms with E-state index in [0.717, 1.165) is 4.47 Å². The molecule has 26 heavy (non-hydrogen) atoms. The third kappa shape index (κ3) is 6.33. The van der Waals surface area contributed by atoms with Crippen LogP contribution in [0.3, 0.4) is 0 Å². The first kappa shape index (κ1) is 20.2. The molecule has 0 bridgehead atoms. The number of nitrogens with one attached hydrogen (secondary N) is 2. The van der Waals surface area contributed by atoms with Crippen LogP contribution in [0.15, 0.2) is 46.0 Å². The third-order valence-corrected chi connectivity index (χ3v) is 4.22. The molecule has 0 unspecified atom stereocenters. The monoisotopic (exact) mass is 457 g/mol. The average molecular weight is 459 g/mol.